The Morgan fingerprint density at radius 1 is 1.00 bits per heavy atom. The molecule has 3 nitrogen and oxygen atoms in total. The summed E-state index contributed by atoms with van der Waals surface area (Å²) >= 11 is 3.13. The monoisotopic (exact) mass is 463 g/mol. The number of nitro benzene ring substituents is 1. The number of alkyl halides is 3. The van der Waals surface area contributed by atoms with Gasteiger partial charge >= 0.3 is 6.18 Å². The largest absolute Gasteiger partial charge is 0.416 e. The Bertz CT molecular complexity index is 1050. The van der Waals surface area contributed by atoms with Crippen LogP contribution >= 0.6 is 15.9 Å². The van der Waals surface area contributed by atoms with Crippen LogP contribution in [0, 0.1) is 10.1 Å². The fourth-order valence-corrected chi connectivity index (χ4v) is 3.92. The van der Waals surface area contributed by atoms with Crippen LogP contribution in [0.25, 0.3) is 22.3 Å². The third-order valence-electron chi connectivity index (χ3n) is 4.59. The van der Waals surface area contributed by atoms with Crippen molar-refractivity contribution in [1.82, 2.24) is 0 Å². The summed E-state index contributed by atoms with van der Waals surface area (Å²) < 4.78 is 39.5. The van der Waals surface area contributed by atoms with Crippen LogP contribution in [0.15, 0.2) is 65.1 Å². The van der Waals surface area contributed by atoms with Gasteiger partial charge in [-0.05, 0) is 50.7 Å². The lowest BCUT2D eigenvalue weighted by Gasteiger charge is -2.15. The molecular weight excluding hydrogens is 447 g/mol. The van der Waals surface area contributed by atoms with Gasteiger partial charge in [-0.15, -0.1) is 0 Å². The van der Waals surface area contributed by atoms with Crippen LogP contribution < -0.4 is 0 Å². The molecule has 3 rings (SSSR count). The molecule has 0 heterocycles. The summed E-state index contributed by atoms with van der Waals surface area (Å²) in [7, 11) is 0. The molecule has 0 saturated heterocycles. The van der Waals surface area contributed by atoms with E-state index < -0.39 is 22.4 Å². The highest BCUT2D eigenvalue weighted by Gasteiger charge is 2.35. The number of benzene rings is 3. The first-order chi connectivity index (χ1) is 13.7. The van der Waals surface area contributed by atoms with E-state index in [1.807, 2.05) is 24.3 Å². The number of hydrogen-bond donors (Lipinski definition) is 0. The predicted octanol–water partition coefficient (Wildman–Crippen LogP) is 7.66. The van der Waals surface area contributed by atoms with Gasteiger partial charge in [-0.25, -0.2) is 0 Å². The quantitative estimate of drug-likeness (QED) is 0.287. The van der Waals surface area contributed by atoms with Gasteiger partial charge in [-0.3, -0.25) is 10.1 Å². The molecule has 0 aliphatic heterocycles. The van der Waals surface area contributed by atoms with E-state index in [9.17, 15) is 23.3 Å². The average molecular weight is 464 g/mol. The number of halogens is 4. The normalized spacial score (nSPS) is 11.5. The van der Waals surface area contributed by atoms with E-state index in [0.29, 0.717) is 17.2 Å². The van der Waals surface area contributed by atoms with Crippen molar-refractivity contribution in [1.29, 1.82) is 0 Å². The van der Waals surface area contributed by atoms with Gasteiger partial charge in [0.1, 0.15) is 0 Å². The minimum Gasteiger partial charge on any atom is -0.258 e. The highest BCUT2D eigenvalue weighted by molar-refractivity contribution is 9.10. The van der Waals surface area contributed by atoms with Crippen molar-refractivity contribution < 1.29 is 18.1 Å². The molecule has 0 aromatic heterocycles. The minimum absolute atomic E-state index is 0.0223. The van der Waals surface area contributed by atoms with Crippen molar-refractivity contribution in [2.24, 2.45) is 0 Å². The Hall–Kier alpha value is -2.67. The first-order valence-corrected chi connectivity index (χ1v) is 9.75. The maximum absolute atomic E-state index is 13.1. The second-order valence-corrected chi connectivity index (χ2v) is 7.45. The first kappa shape index (κ1) is 21.0. The van der Waals surface area contributed by atoms with Gasteiger partial charge < -0.3 is 0 Å². The topological polar surface area (TPSA) is 43.1 Å². The van der Waals surface area contributed by atoms with E-state index in [2.05, 4.69) is 22.9 Å². The molecule has 29 heavy (non-hydrogen) atoms. The van der Waals surface area contributed by atoms with Gasteiger partial charge in [0.05, 0.1) is 16.1 Å². The number of rotatable bonds is 5. The predicted molar refractivity (Wildman–Crippen MR) is 111 cm³/mol. The van der Waals surface area contributed by atoms with Crippen molar-refractivity contribution in [2.45, 2.75) is 25.9 Å². The van der Waals surface area contributed by atoms with Gasteiger partial charge in [-0.1, -0.05) is 61.9 Å². The SMILES string of the molecule is CCCc1ccc(-c2ccccc2-c2c(Br)cc(C(F)(F)F)cc2[N+](=O)[O-])cc1. The van der Waals surface area contributed by atoms with Crippen LogP contribution in [0.2, 0.25) is 0 Å². The van der Waals surface area contributed by atoms with Crippen LogP contribution in [-0.2, 0) is 12.6 Å². The Morgan fingerprint density at radius 3 is 2.17 bits per heavy atom. The van der Waals surface area contributed by atoms with Crippen LogP contribution in [0.5, 0.6) is 0 Å². The molecule has 0 radical (unpaired) electrons. The van der Waals surface area contributed by atoms with Gasteiger partial charge in [-0.2, -0.15) is 13.2 Å². The summed E-state index contributed by atoms with van der Waals surface area (Å²) in [5.41, 5.74) is 1.67. The van der Waals surface area contributed by atoms with E-state index in [1.165, 1.54) is 5.56 Å². The van der Waals surface area contributed by atoms with Gasteiger partial charge in [0.15, 0.2) is 0 Å². The number of nitro groups is 1. The van der Waals surface area contributed by atoms with Gasteiger partial charge in [0.25, 0.3) is 5.69 Å². The lowest BCUT2D eigenvalue weighted by atomic mass is 9.92. The Labute approximate surface area is 174 Å². The maximum Gasteiger partial charge on any atom is 0.416 e. The molecule has 0 saturated carbocycles. The van der Waals surface area contributed by atoms with Crippen LogP contribution in [0.1, 0.15) is 24.5 Å². The molecular formula is C22H17BrF3NO2. The van der Waals surface area contributed by atoms with Gasteiger partial charge in [0, 0.05) is 10.5 Å². The zero-order valence-corrected chi connectivity index (χ0v) is 17.0. The lowest BCUT2D eigenvalue weighted by Crippen LogP contribution is -2.07. The minimum atomic E-state index is -4.68. The smallest absolute Gasteiger partial charge is 0.258 e. The molecule has 3 aromatic carbocycles. The highest BCUT2D eigenvalue weighted by atomic mass is 79.9. The third kappa shape index (κ3) is 4.50. The zero-order chi connectivity index (χ0) is 21.2. The molecule has 0 bridgehead atoms. The van der Waals surface area contributed by atoms with Crippen molar-refractivity contribution in [3.8, 4) is 22.3 Å². The van der Waals surface area contributed by atoms with E-state index >= 15 is 0 Å². The third-order valence-corrected chi connectivity index (χ3v) is 5.22. The van der Waals surface area contributed by atoms with Crippen molar-refractivity contribution in [2.75, 3.05) is 0 Å². The van der Waals surface area contributed by atoms with Crippen molar-refractivity contribution >= 4 is 21.6 Å². The highest BCUT2D eigenvalue weighted by Crippen LogP contribution is 2.44. The molecule has 0 amide bonds. The fourth-order valence-electron chi connectivity index (χ4n) is 3.26. The summed E-state index contributed by atoms with van der Waals surface area (Å²) in [5.74, 6) is 0. The number of aryl methyl sites for hydroxylation is 1. The molecule has 0 spiro atoms. The van der Waals surface area contributed by atoms with E-state index in [4.69, 9.17) is 0 Å². The van der Waals surface area contributed by atoms with E-state index in [-0.39, 0.29) is 10.0 Å². The molecule has 0 N–H and O–H groups in total. The van der Waals surface area contributed by atoms with Crippen LogP contribution in [0.3, 0.4) is 0 Å². The Balaban J connectivity index is 2.21. The number of nitrogens with zero attached hydrogens (tertiary/aromatic N) is 1. The molecule has 0 aliphatic carbocycles. The molecule has 0 unspecified atom stereocenters. The molecule has 0 fully saturated rings. The maximum atomic E-state index is 13.1. The van der Waals surface area contributed by atoms with Crippen molar-refractivity contribution in [3.05, 3.63) is 86.4 Å². The van der Waals surface area contributed by atoms with Gasteiger partial charge in [0.2, 0.25) is 0 Å². The van der Waals surface area contributed by atoms with E-state index in [0.717, 1.165) is 24.5 Å². The van der Waals surface area contributed by atoms with Crippen LogP contribution in [-0.4, -0.2) is 4.92 Å². The molecule has 150 valence electrons. The molecule has 7 heteroatoms. The fraction of sp³-hybridized carbons (Fsp3) is 0.182. The number of hydrogen-bond acceptors (Lipinski definition) is 2. The molecule has 0 atom stereocenters. The summed E-state index contributed by atoms with van der Waals surface area (Å²) in [4.78, 5) is 10.8. The Kier molecular flexibility index (Phi) is 6.07. The molecule has 0 aliphatic rings. The van der Waals surface area contributed by atoms with Crippen molar-refractivity contribution in [3.63, 3.8) is 0 Å². The second kappa shape index (κ2) is 8.37. The summed E-state index contributed by atoms with van der Waals surface area (Å²) in [6, 6.07) is 16.3. The standard InChI is InChI=1S/C22H17BrF3NO2/c1-2-5-14-8-10-15(11-9-14)17-6-3-4-7-18(17)21-19(23)12-16(22(24,25)26)13-20(21)27(28)29/h3-4,6-13H,2,5H2,1H3. The average Bonchev–Trinajstić information content (AvgIpc) is 2.67. The van der Waals surface area contributed by atoms with E-state index in [1.54, 1.807) is 24.3 Å². The molecule has 3 aromatic rings. The summed E-state index contributed by atoms with van der Waals surface area (Å²) in [6.45, 7) is 2.09. The summed E-state index contributed by atoms with van der Waals surface area (Å²) in [6.07, 6.45) is -2.72. The summed E-state index contributed by atoms with van der Waals surface area (Å²) in [5, 5.41) is 11.6. The zero-order valence-electron chi connectivity index (χ0n) is 15.5. The first-order valence-electron chi connectivity index (χ1n) is 8.96. The van der Waals surface area contributed by atoms with Crippen LogP contribution in [0.4, 0.5) is 18.9 Å². The second-order valence-electron chi connectivity index (χ2n) is 6.60. The Morgan fingerprint density at radius 2 is 1.62 bits per heavy atom. The lowest BCUT2D eigenvalue weighted by molar-refractivity contribution is -0.384.